The van der Waals surface area contributed by atoms with Crippen LogP contribution in [0.15, 0.2) is 29.6 Å². The Morgan fingerprint density at radius 3 is 2.88 bits per heavy atom. The SMILES string of the molecule is CCCC(OC)C(N)c1cccc2ccsc12. The van der Waals surface area contributed by atoms with Gasteiger partial charge >= 0.3 is 0 Å². The van der Waals surface area contributed by atoms with Crippen LogP contribution < -0.4 is 5.73 Å². The van der Waals surface area contributed by atoms with Crippen molar-refractivity contribution in [2.24, 2.45) is 5.73 Å². The van der Waals surface area contributed by atoms with Gasteiger partial charge in [-0.3, -0.25) is 0 Å². The lowest BCUT2D eigenvalue weighted by Gasteiger charge is -2.23. The molecule has 92 valence electrons. The molecule has 3 heteroatoms. The first-order chi connectivity index (χ1) is 8.27. The van der Waals surface area contributed by atoms with Crippen molar-refractivity contribution in [1.29, 1.82) is 0 Å². The van der Waals surface area contributed by atoms with Crippen LogP contribution in [0.2, 0.25) is 0 Å². The molecule has 0 aliphatic heterocycles. The molecule has 2 rings (SSSR count). The second kappa shape index (κ2) is 5.63. The summed E-state index contributed by atoms with van der Waals surface area (Å²) < 4.78 is 6.80. The van der Waals surface area contributed by atoms with Crippen molar-refractivity contribution in [1.82, 2.24) is 0 Å². The summed E-state index contributed by atoms with van der Waals surface area (Å²) in [7, 11) is 1.74. The van der Waals surface area contributed by atoms with Gasteiger partial charge in [0, 0.05) is 11.8 Å². The average Bonchev–Trinajstić information content (AvgIpc) is 2.83. The quantitative estimate of drug-likeness (QED) is 0.876. The van der Waals surface area contributed by atoms with Gasteiger partial charge in [0.25, 0.3) is 0 Å². The van der Waals surface area contributed by atoms with E-state index in [2.05, 4.69) is 36.6 Å². The summed E-state index contributed by atoms with van der Waals surface area (Å²) in [5.74, 6) is 0. The number of thiophene rings is 1. The zero-order valence-corrected chi connectivity index (χ0v) is 11.2. The van der Waals surface area contributed by atoms with Crippen LogP contribution in [0.25, 0.3) is 10.1 Å². The molecule has 0 radical (unpaired) electrons. The van der Waals surface area contributed by atoms with Crippen molar-refractivity contribution in [3.8, 4) is 0 Å². The van der Waals surface area contributed by atoms with E-state index >= 15 is 0 Å². The van der Waals surface area contributed by atoms with E-state index in [1.54, 1.807) is 18.4 Å². The summed E-state index contributed by atoms with van der Waals surface area (Å²) in [6.45, 7) is 2.16. The van der Waals surface area contributed by atoms with Gasteiger partial charge in [-0.25, -0.2) is 0 Å². The molecule has 2 unspecified atom stereocenters. The number of methoxy groups -OCH3 is 1. The second-order valence-electron chi connectivity index (χ2n) is 4.27. The van der Waals surface area contributed by atoms with E-state index in [9.17, 15) is 0 Å². The number of benzene rings is 1. The lowest BCUT2D eigenvalue weighted by atomic mass is 9.98. The van der Waals surface area contributed by atoms with Crippen molar-refractivity contribution in [2.45, 2.75) is 31.9 Å². The van der Waals surface area contributed by atoms with Gasteiger partial charge in [-0.1, -0.05) is 31.5 Å². The molecule has 1 aromatic carbocycles. The Morgan fingerprint density at radius 2 is 2.18 bits per heavy atom. The molecule has 1 heterocycles. The predicted octanol–water partition coefficient (Wildman–Crippen LogP) is 3.72. The fourth-order valence-corrected chi connectivity index (χ4v) is 3.17. The molecule has 17 heavy (non-hydrogen) atoms. The van der Waals surface area contributed by atoms with Gasteiger partial charge in [-0.05, 0) is 28.8 Å². The molecule has 0 spiro atoms. The van der Waals surface area contributed by atoms with E-state index in [0.717, 1.165) is 12.8 Å². The van der Waals surface area contributed by atoms with Gasteiger partial charge in [0.1, 0.15) is 0 Å². The highest BCUT2D eigenvalue weighted by atomic mass is 32.1. The van der Waals surface area contributed by atoms with Gasteiger partial charge in [0.15, 0.2) is 0 Å². The van der Waals surface area contributed by atoms with Crippen molar-refractivity contribution in [3.05, 3.63) is 35.2 Å². The number of hydrogen-bond donors (Lipinski definition) is 1. The van der Waals surface area contributed by atoms with Crippen molar-refractivity contribution >= 4 is 21.4 Å². The minimum Gasteiger partial charge on any atom is -0.379 e. The minimum absolute atomic E-state index is 0.0395. The third-order valence-electron chi connectivity index (χ3n) is 3.15. The molecule has 2 N–H and O–H groups in total. The maximum atomic E-state index is 6.34. The van der Waals surface area contributed by atoms with E-state index in [1.807, 2.05) is 0 Å². The van der Waals surface area contributed by atoms with Crippen LogP contribution in [0.5, 0.6) is 0 Å². The highest BCUT2D eigenvalue weighted by molar-refractivity contribution is 7.17. The third-order valence-corrected chi connectivity index (χ3v) is 4.12. The normalized spacial score (nSPS) is 15.0. The predicted molar refractivity (Wildman–Crippen MR) is 74.5 cm³/mol. The average molecular weight is 249 g/mol. The first-order valence-corrected chi connectivity index (χ1v) is 6.90. The molecule has 1 aromatic heterocycles. The standard InChI is InChI=1S/C14H19NOS/c1-3-5-12(16-2)13(15)11-7-4-6-10-8-9-17-14(10)11/h4,6-9,12-13H,3,5,15H2,1-2H3. The van der Waals surface area contributed by atoms with Crippen molar-refractivity contribution in [2.75, 3.05) is 7.11 Å². The molecule has 0 aliphatic rings. The molecule has 0 bridgehead atoms. The highest BCUT2D eigenvalue weighted by Crippen LogP contribution is 2.30. The lowest BCUT2D eigenvalue weighted by Crippen LogP contribution is -2.28. The number of ether oxygens (including phenoxy) is 1. The Hall–Kier alpha value is -0.900. The maximum Gasteiger partial charge on any atom is 0.0764 e. The molecule has 0 fully saturated rings. The topological polar surface area (TPSA) is 35.2 Å². The summed E-state index contributed by atoms with van der Waals surface area (Å²) >= 11 is 1.75. The number of rotatable bonds is 5. The maximum absolute atomic E-state index is 6.34. The molecular weight excluding hydrogens is 230 g/mol. The van der Waals surface area contributed by atoms with Crippen LogP contribution in [0, 0.1) is 0 Å². The molecule has 2 atom stereocenters. The summed E-state index contributed by atoms with van der Waals surface area (Å²) in [5.41, 5.74) is 7.55. The smallest absolute Gasteiger partial charge is 0.0764 e. The number of nitrogens with two attached hydrogens (primary N) is 1. The van der Waals surface area contributed by atoms with E-state index in [1.165, 1.54) is 15.6 Å². The minimum atomic E-state index is -0.0395. The number of hydrogen-bond acceptors (Lipinski definition) is 3. The molecule has 0 saturated carbocycles. The zero-order chi connectivity index (χ0) is 12.3. The Balaban J connectivity index is 2.34. The van der Waals surface area contributed by atoms with Gasteiger partial charge in [0.2, 0.25) is 0 Å². The van der Waals surface area contributed by atoms with Gasteiger partial charge in [-0.15, -0.1) is 11.3 Å². The largest absolute Gasteiger partial charge is 0.379 e. The van der Waals surface area contributed by atoms with Crippen LogP contribution in [-0.4, -0.2) is 13.2 Å². The highest BCUT2D eigenvalue weighted by Gasteiger charge is 2.20. The van der Waals surface area contributed by atoms with E-state index < -0.39 is 0 Å². The van der Waals surface area contributed by atoms with Gasteiger partial charge in [0.05, 0.1) is 12.1 Å². The van der Waals surface area contributed by atoms with Crippen LogP contribution in [0.3, 0.4) is 0 Å². The first kappa shape index (κ1) is 12.6. The Labute approximate surface area is 106 Å². The van der Waals surface area contributed by atoms with Crippen LogP contribution in [0.4, 0.5) is 0 Å². The first-order valence-electron chi connectivity index (χ1n) is 6.02. The zero-order valence-electron chi connectivity index (χ0n) is 10.3. The number of fused-ring (bicyclic) bond motifs is 1. The monoisotopic (exact) mass is 249 g/mol. The Bertz CT molecular complexity index is 480. The molecule has 2 aromatic rings. The summed E-state index contributed by atoms with van der Waals surface area (Å²) in [6.07, 6.45) is 2.19. The fraction of sp³-hybridized carbons (Fsp3) is 0.429. The van der Waals surface area contributed by atoms with Crippen molar-refractivity contribution in [3.63, 3.8) is 0 Å². The lowest BCUT2D eigenvalue weighted by molar-refractivity contribution is 0.0729. The van der Waals surface area contributed by atoms with Gasteiger partial charge < -0.3 is 10.5 Å². The Morgan fingerprint density at radius 1 is 1.35 bits per heavy atom. The van der Waals surface area contributed by atoms with E-state index in [4.69, 9.17) is 10.5 Å². The molecule has 0 aliphatic carbocycles. The summed E-state index contributed by atoms with van der Waals surface area (Å²) in [6, 6.07) is 8.41. The molecule has 0 saturated heterocycles. The third kappa shape index (κ3) is 2.51. The molecule has 0 amide bonds. The van der Waals surface area contributed by atoms with Gasteiger partial charge in [-0.2, -0.15) is 0 Å². The second-order valence-corrected chi connectivity index (χ2v) is 5.19. The van der Waals surface area contributed by atoms with E-state index in [0.29, 0.717) is 0 Å². The molecular formula is C14H19NOS. The van der Waals surface area contributed by atoms with Crippen LogP contribution >= 0.6 is 11.3 Å². The van der Waals surface area contributed by atoms with Crippen LogP contribution in [-0.2, 0) is 4.74 Å². The summed E-state index contributed by atoms with van der Waals surface area (Å²) in [5, 5.41) is 3.39. The molecule has 2 nitrogen and oxygen atoms in total. The van der Waals surface area contributed by atoms with Crippen LogP contribution in [0.1, 0.15) is 31.4 Å². The van der Waals surface area contributed by atoms with E-state index in [-0.39, 0.29) is 12.1 Å². The van der Waals surface area contributed by atoms with Crippen molar-refractivity contribution < 1.29 is 4.74 Å². The Kier molecular flexibility index (Phi) is 4.15. The summed E-state index contributed by atoms with van der Waals surface area (Å²) in [4.78, 5) is 0. The fourth-order valence-electron chi connectivity index (χ4n) is 2.21.